The number of hydrogen-bond donors (Lipinski definition) is 0. The van der Waals surface area contributed by atoms with Crippen LogP contribution in [-0.4, -0.2) is 29.8 Å². The van der Waals surface area contributed by atoms with Gasteiger partial charge in [0.1, 0.15) is 5.78 Å². The van der Waals surface area contributed by atoms with Crippen LogP contribution >= 0.6 is 0 Å². The first kappa shape index (κ1) is 12.7. The molecule has 0 aromatic carbocycles. The molecule has 1 rings (SSSR count). The van der Waals surface area contributed by atoms with Gasteiger partial charge in [0.2, 0.25) is 0 Å². The van der Waals surface area contributed by atoms with Gasteiger partial charge in [-0.15, -0.1) is 0 Å². The average Bonchev–Trinajstić information content (AvgIpc) is 2.26. The molecule has 0 saturated heterocycles. The van der Waals surface area contributed by atoms with Crippen LogP contribution in [0.1, 0.15) is 52.9 Å². The van der Waals surface area contributed by atoms with Gasteiger partial charge in [-0.1, -0.05) is 26.7 Å². The minimum atomic E-state index is 0.102. The normalized spacial score (nSPS) is 29.1. The van der Waals surface area contributed by atoms with Gasteiger partial charge in [0.05, 0.1) is 6.04 Å². The molecule has 88 valence electrons. The second-order valence-electron chi connectivity index (χ2n) is 5.09. The summed E-state index contributed by atoms with van der Waals surface area (Å²) in [5, 5.41) is 0. The summed E-state index contributed by atoms with van der Waals surface area (Å²) < 4.78 is 0. The van der Waals surface area contributed by atoms with Crippen molar-refractivity contribution in [3.05, 3.63) is 0 Å². The van der Waals surface area contributed by atoms with Gasteiger partial charge in [0, 0.05) is 12.5 Å². The van der Waals surface area contributed by atoms with E-state index < -0.39 is 0 Å². The van der Waals surface area contributed by atoms with Gasteiger partial charge >= 0.3 is 0 Å². The molecule has 0 amide bonds. The summed E-state index contributed by atoms with van der Waals surface area (Å²) in [7, 11) is 2.11. The molecule has 2 heteroatoms. The highest BCUT2D eigenvalue weighted by Crippen LogP contribution is 2.27. The van der Waals surface area contributed by atoms with E-state index in [0.29, 0.717) is 18.2 Å². The van der Waals surface area contributed by atoms with Crippen molar-refractivity contribution < 1.29 is 4.79 Å². The number of carbonyl (C=O) groups is 1. The molecule has 15 heavy (non-hydrogen) atoms. The zero-order valence-corrected chi connectivity index (χ0v) is 10.6. The molecule has 0 radical (unpaired) electrons. The molecule has 0 aromatic rings. The Morgan fingerprint density at radius 3 is 2.67 bits per heavy atom. The molecule has 0 aromatic heterocycles. The van der Waals surface area contributed by atoms with Crippen molar-refractivity contribution in [2.75, 3.05) is 7.05 Å². The van der Waals surface area contributed by atoms with Crippen LogP contribution in [-0.2, 0) is 4.79 Å². The summed E-state index contributed by atoms with van der Waals surface area (Å²) in [5.74, 6) is 1.20. The van der Waals surface area contributed by atoms with Crippen molar-refractivity contribution >= 4 is 5.78 Å². The zero-order chi connectivity index (χ0) is 11.4. The lowest BCUT2D eigenvalue weighted by Gasteiger charge is -2.37. The van der Waals surface area contributed by atoms with E-state index in [9.17, 15) is 4.79 Å². The number of ketones is 1. The van der Waals surface area contributed by atoms with E-state index in [1.54, 1.807) is 0 Å². The number of nitrogens with zero attached hydrogens (tertiary/aromatic N) is 1. The van der Waals surface area contributed by atoms with E-state index in [-0.39, 0.29) is 6.04 Å². The Labute approximate surface area is 94.0 Å². The lowest BCUT2D eigenvalue weighted by Crippen LogP contribution is -2.44. The molecule has 1 saturated carbocycles. The highest BCUT2D eigenvalue weighted by atomic mass is 16.1. The van der Waals surface area contributed by atoms with E-state index in [1.807, 2.05) is 13.8 Å². The Hall–Kier alpha value is -0.370. The maximum Gasteiger partial charge on any atom is 0.149 e. The fourth-order valence-corrected chi connectivity index (χ4v) is 2.61. The van der Waals surface area contributed by atoms with Crippen molar-refractivity contribution in [1.29, 1.82) is 0 Å². The third-order valence-electron chi connectivity index (χ3n) is 3.91. The van der Waals surface area contributed by atoms with E-state index >= 15 is 0 Å². The molecule has 0 N–H and O–H groups in total. The van der Waals surface area contributed by atoms with E-state index in [0.717, 1.165) is 5.92 Å². The molecule has 0 heterocycles. The molecule has 3 atom stereocenters. The monoisotopic (exact) mass is 211 g/mol. The molecule has 0 aliphatic heterocycles. The largest absolute Gasteiger partial charge is 0.298 e. The molecular weight excluding hydrogens is 186 g/mol. The third kappa shape index (κ3) is 3.30. The van der Waals surface area contributed by atoms with Gasteiger partial charge in [0.15, 0.2) is 0 Å². The van der Waals surface area contributed by atoms with Crippen LogP contribution in [0.15, 0.2) is 0 Å². The number of hydrogen-bond acceptors (Lipinski definition) is 2. The second-order valence-corrected chi connectivity index (χ2v) is 5.09. The lowest BCUT2D eigenvalue weighted by atomic mass is 9.85. The highest BCUT2D eigenvalue weighted by Gasteiger charge is 2.27. The van der Waals surface area contributed by atoms with Gasteiger partial charge in [-0.05, 0) is 32.7 Å². The standard InChI is InChI=1S/C13H25NO/c1-5-13(15)11(3)14(4)12-8-6-7-10(2)9-12/h10-12H,5-9H2,1-4H3. The van der Waals surface area contributed by atoms with Crippen LogP contribution in [0.4, 0.5) is 0 Å². The molecule has 2 nitrogen and oxygen atoms in total. The maximum absolute atomic E-state index is 11.6. The minimum Gasteiger partial charge on any atom is -0.298 e. The van der Waals surface area contributed by atoms with Crippen LogP contribution < -0.4 is 0 Å². The molecule has 1 aliphatic rings. The van der Waals surface area contributed by atoms with Crippen molar-refractivity contribution in [1.82, 2.24) is 4.90 Å². The van der Waals surface area contributed by atoms with Crippen LogP contribution in [0.3, 0.4) is 0 Å². The van der Waals surface area contributed by atoms with Gasteiger partial charge < -0.3 is 0 Å². The maximum atomic E-state index is 11.6. The van der Waals surface area contributed by atoms with Crippen LogP contribution in [0.2, 0.25) is 0 Å². The predicted molar refractivity (Wildman–Crippen MR) is 63.9 cm³/mol. The molecule has 1 aliphatic carbocycles. The lowest BCUT2D eigenvalue weighted by molar-refractivity contribution is -0.124. The van der Waals surface area contributed by atoms with Crippen LogP contribution in [0.5, 0.6) is 0 Å². The van der Waals surface area contributed by atoms with E-state index in [4.69, 9.17) is 0 Å². The summed E-state index contributed by atoms with van der Waals surface area (Å²) in [6.07, 6.45) is 5.87. The van der Waals surface area contributed by atoms with Gasteiger partial charge in [-0.25, -0.2) is 0 Å². The van der Waals surface area contributed by atoms with Crippen molar-refractivity contribution in [3.8, 4) is 0 Å². The fraction of sp³-hybridized carbons (Fsp3) is 0.923. The third-order valence-corrected chi connectivity index (χ3v) is 3.91. The van der Waals surface area contributed by atoms with Gasteiger partial charge in [-0.3, -0.25) is 9.69 Å². The Kier molecular flexibility index (Phi) is 4.78. The quantitative estimate of drug-likeness (QED) is 0.712. The Bertz CT molecular complexity index is 215. The SMILES string of the molecule is CCC(=O)C(C)N(C)C1CCCC(C)C1. The Balaban J connectivity index is 2.51. The zero-order valence-electron chi connectivity index (χ0n) is 10.6. The van der Waals surface area contributed by atoms with Crippen molar-refractivity contribution in [3.63, 3.8) is 0 Å². The topological polar surface area (TPSA) is 20.3 Å². The number of rotatable bonds is 4. The van der Waals surface area contributed by atoms with Crippen LogP contribution in [0, 0.1) is 5.92 Å². The second kappa shape index (κ2) is 5.64. The number of Topliss-reactive ketones (excluding diaryl/α,β-unsaturated/α-hetero) is 1. The number of likely N-dealkylation sites (N-methyl/N-ethyl adjacent to an activating group) is 1. The Morgan fingerprint density at radius 1 is 1.47 bits per heavy atom. The fourth-order valence-electron chi connectivity index (χ4n) is 2.61. The van der Waals surface area contributed by atoms with E-state index in [1.165, 1.54) is 25.7 Å². The summed E-state index contributed by atoms with van der Waals surface area (Å²) in [4.78, 5) is 13.9. The minimum absolute atomic E-state index is 0.102. The van der Waals surface area contributed by atoms with Crippen molar-refractivity contribution in [2.24, 2.45) is 5.92 Å². The first-order valence-electron chi connectivity index (χ1n) is 6.30. The summed E-state index contributed by atoms with van der Waals surface area (Å²) >= 11 is 0. The first-order valence-corrected chi connectivity index (χ1v) is 6.30. The number of carbonyl (C=O) groups excluding carboxylic acids is 1. The summed E-state index contributed by atoms with van der Waals surface area (Å²) in [6, 6.07) is 0.726. The van der Waals surface area contributed by atoms with Gasteiger partial charge in [0.25, 0.3) is 0 Å². The molecule has 0 bridgehead atoms. The molecule has 1 fully saturated rings. The highest BCUT2D eigenvalue weighted by molar-refractivity contribution is 5.83. The summed E-state index contributed by atoms with van der Waals surface area (Å²) in [6.45, 7) is 6.33. The van der Waals surface area contributed by atoms with Crippen molar-refractivity contribution in [2.45, 2.75) is 65.0 Å². The average molecular weight is 211 g/mol. The molecule has 3 unspecified atom stereocenters. The smallest absolute Gasteiger partial charge is 0.149 e. The van der Waals surface area contributed by atoms with E-state index in [2.05, 4.69) is 18.9 Å². The first-order chi connectivity index (χ1) is 7.06. The summed E-state index contributed by atoms with van der Waals surface area (Å²) in [5.41, 5.74) is 0. The van der Waals surface area contributed by atoms with Gasteiger partial charge in [-0.2, -0.15) is 0 Å². The molecular formula is C13H25NO. The van der Waals surface area contributed by atoms with Crippen LogP contribution in [0.25, 0.3) is 0 Å². The predicted octanol–water partition coefficient (Wildman–Crippen LogP) is 2.86. The molecule has 0 spiro atoms. The Morgan fingerprint density at radius 2 is 2.13 bits per heavy atom.